The fourth-order valence-electron chi connectivity index (χ4n) is 2.56. The Kier molecular flexibility index (Phi) is 3.53. The van der Waals surface area contributed by atoms with Crippen molar-refractivity contribution in [3.8, 4) is 11.3 Å². The summed E-state index contributed by atoms with van der Waals surface area (Å²) < 4.78 is 5.53. The highest BCUT2D eigenvalue weighted by Gasteiger charge is 2.18. The van der Waals surface area contributed by atoms with Crippen molar-refractivity contribution < 1.29 is 4.52 Å². The third kappa shape index (κ3) is 2.18. The maximum absolute atomic E-state index is 5.67. The van der Waals surface area contributed by atoms with Gasteiger partial charge in [0.1, 0.15) is 0 Å². The van der Waals surface area contributed by atoms with Crippen molar-refractivity contribution in [3.05, 3.63) is 40.1 Å². The van der Waals surface area contributed by atoms with Gasteiger partial charge in [0.25, 0.3) is 0 Å². The van der Waals surface area contributed by atoms with E-state index in [1.54, 1.807) is 0 Å². The highest BCUT2D eigenvalue weighted by atomic mass is 16.5. The Hall–Kier alpha value is -1.61. The largest absolute Gasteiger partial charge is 0.356 e. The van der Waals surface area contributed by atoms with Crippen LogP contribution in [0.15, 0.2) is 16.7 Å². The number of benzene rings is 1. The van der Waals surface area contributed by atoms with Crippen molar-refractivity contribution in [1.29, 1.82) is 0 Å². The Bertz CT molecular complexity index is 547. The molecule has 3 nitrogen and oxygen atoms in total. The quantitative estimate of drug-likeness (QED) is 0.902. The van der Waals surface area contributed by atoms with E-state index in [4.69, 9.17) is 10.3 Å². The molecule has 0 aliphatic rings. The van der Waals surface area contributed by atoms with Crippen molar-refractivity contribution in [2.75, 3.05) is 6.54 Å². The molecular weight excluding hydrogens is 224 g/mol. The van der Waals surface area contributed by atoms with Gasteiger partial charge in [-0.05, 0) is 51.8 Å². The highest BCUT2D eigenvalue weighted by Crippen LogP contribution is 2.32. The number of aryl methyl sites for hydroxylation is 4. The number of nitrogens with zero attached hydrogens (tertiary/aromatic N) is 1. The van der Waals surface area contributed by atoms with Crippen LogP contribution in [-0.4, -0.2) is 11.7 Å². The predicted molar refractivity (Wildman–Crippen MR) is 73.6 cm³/mol. The molecule has 0 unspecified atom stereocenters. The minimum Gasteiger partial charge on any atom is -0.356 e. The summed E-state index contributed by atoms with van der Waals surface area (Å²) in [7, 11) is 0. The zero-order valence-electron chi connectivity index (χ0n) is 11.5. The molecular formula is C15H20N2O. The van der Waals surface area contributed by atoms with Gasteiger partial charge in [0.05, 0.1) is 5.69 Å². The highest BCUT2D eigenvalue weighted by molar-refractivity contribution is 5.70. The molecule has 2 rings (SSSR count). The van der Waals surface area contributed by atoms with E-state index in [9.17, 15) is 0 Å². The van der Waals surface area contributed by atoms with Crippen LogP contribution in [0.3, 0.4) is 0 Å². The number of hydrogen-bond donors (Lipinski definition) is 1. The van der Waals surface area contributed by atoms with E-state index in [2.05, 4.69) is 38.1 Å². The van der Waals surface area contributed by atoms with Crippen LogP contribution < -0.4 is 5.73 Å². The number of rotatable bonds is 3. The van der Waals surface area contributed by atoms with Crippen LogP contribution in [0.1, 0.15) is 27.9 Å². The minimum atomic E-state index is 0.610. The van der Waals surface area contributed by atoms with E-state index in [0.717, 1.165) is 29.0 Å². The summed E-state index contributed by atoms with van der Waals surface area (Å²) in [5.41, 5.74) is 12.6. The lowest BCUT2D eigenvalue weighted by Crippen LogP contribution is -2.04. The van der Waals surface area contributed by atoms with Gasteiger partial charge in [-0.2, -0.15) is 0 Å². The average molecular weight is 244 g/mol. The smallest absolute Gasteiger partial charge is 0.170 e. The van der Waals surface area contributed by atoms with Crippen LogP contribution in [0.2, 0.25) is 0 Å². The number of aromatic nitrogens is 1. The molecule has 0 radical (unpaired) electrons. The van der Waals surface area contributed by atoms with Crippen molar-refractivity contribution in [2.24, 2.45) is 5.73 Å². The first kappa shape index (κ1) is 12.8. The summed E-state index contributed by atoms with van der Waals surface area (Å²) in [5, 5.41) is 4.09. The molecule has 1 aromatic heterocycles. The average Bonchev–Trinajstić information content (AvgIpc) is 2.61. The molecule has 0 bridgehead atoms. The zero-order valence-corrected chi connectivity index (χ0v) is 11.5. The van der Waals surface area contributed by atoms with Gasteiger partial charge < -0.3 is 10.3 Å². The molecule has 0 fully saturated rings. The number of hydrogen-bond acceptors (Lipinski definition) is 3. The Balaban J connectivity index is 2.62. The van der Waals surface area contributed by atoms with Gasteiger partial charge >= 0.3 is 0 Å². The molecule has 96 valence electrons. The molecule has 0 amide bonds. The first-order valence-electron chi connectivity index (χ1n) is 6.28. The summed E-state index contributed by atoms with van der Waals surface area (Å²) >= 11 is 0. The van der Waals surface area contributed by atoms with Crippen LogP contribution >= 0.6 is 0 Å². The minimum absolute atomic E-state index is 0.610. The predicted octanol–water partition coefficient (Wildman–Crippen LogP) is 3.08. The third-order valence-corrected chi connectivity index (χ3v) is 3.28. The van der Waals surface area contributed by atoms with Gasteiger partial charge in [0, 0.05) is 11.1 Å². The first-order valence-corrected chi connectivity index (χ1v) is 6.28. The van der Waals surface area contributed by atoms with E-state index < -0.39 is 0 Å². The van der Waals surface area contributed by atoms with Crippen molar-refractivity contribution in [1.82, 2.24) is 5.16 Å². The molecule has 0 atom stereocenters. The SMILES string of the molecule is Cc1cc(C)c(-c2onc(C)c2CCN)c(C)c1. The summed E-state index contributed by atoms with van der Waals surface area (Å²) in [5.74, 6) is 0.882. The molecule has 18 heavy (non-hydrogen) atoms. The van der Waals surface area contributed by atoms with Gasteiger partial charge in [-0.1, -0.05) is 22.9 Å². The van der Waals surface area contributed by atoms with E-state index in [1.165, 1.54) is 16.7 Å². The van der Waals surface area contributed by atoms with Gasteiger partial charge in [-0.3, -0.25) is 0 Å². The van der Waals surface area contributed by atoms with Crippen molar-refractivity contribution >= 4 is 0 Å². The maximum atomic E-state index is 5.67. The van der Waals surface area contributed by atoms with Gasteiger partial charge in [-0.15, -0.1) is 0 Å². The molecule has 0 saturated carbocycles. The number of nitrogens with two attached hydrogens (primary N) is 1. The van der Waals surface area contributed by atoms with Crippen LogP contribution in [-0.2, 0) is 6.42 Å². The molecule has 1 aromatic carbocycles. The lowest BCUT2D eigenvalue weighted by Gasteiger charge is -2.10. The second kappa shape index (κ2) is 4.94. The standard InChI is InChI=1S/C15H20N2O/c1-9-7-10(2)14(11(3)8-9)15-13(5-6-16)12(4)17-18-15/h7-8H,5-6,16H2,1-4H3. The Morgan fingerprint density at radius 2 is 1.72 bits per heavy atom. The fraction of sp³-hybridized carbons (Fsp3) is 0.400. The molecule has 1 heterocycles. The first-order chi connectivity index (χ1) is 8.54. The maximum Gasteiger partial charge on any atom is 0.170 e. The topological polar surface area (TPSA) is 52.0 Å². The van der Waals surface area contributed by atoms with Crippen LogP contribution in [0.4, 0.5) is 0 Å². The second-order valence-electron chi connectivity index (χ2n) is 4.89. The van der Waals surface area contributed by atoms with E-state index >= 15 is 0 Å². The summed E-state index contributed by atoms with van der Waals surface area (Å²) in [6.45, 7) is 8.91. The fourth-order valence-corrected chi connectivity index (χ4v) is 2.56. The van der Waals surface area contributed by atoms with Crippen LogP contribution in [0, 0.1) is 27.7 Å². The van der Waals surface area contributed by atoms with E-state index in [0.29, 0.717) is 6.54 Å². The molecule has 0 aliphatic heterocycles. The lowest BCUT2D eigenvalue weighted by atomic mass is 9.94. The molecule has 0 saturated heterocycles. The summed E-state index contributed by atoms with van der Waals surface area (Å²) in [4.78, 5) is 0. The van der Waals surface area contributed by atoms with Crippen LogP contribution in [0.5, 0.6) is 0 Å². The van der Waals surface area contributed by atoms with E-state index in [-0.39, 0.29) is 0 Å². The normalized spacial score (nSPS) is 10.9. The summed E-state index contributed by atoms with van der Waals surface area (Å²) in [6, 6.07) is 4.35. The van der Waals surface area contributed by atoms with Gasteiger partial charge in [-0.25, -0.2) is 0 Å². The monoisotopic (exact) mass is 244 g/mol. The molecule has 2 aromatic rings. The third-order valence-electron chi connectivity index (χ3n) is 3.28. The molecule has 2 N–H and O–H groups in total. The van der Waals surface area contributed by atoms with Crippen molar-refractivity contribution in [3.63, 3.8) is 0 Å². The van der Waals surface area contributed by atoms with Gasteiger partial charge in [0.2, 0.25) is 0 Å². The van der Waals surface area contributed by atoms with Crippen LogP contribution in [0.25, 0.3) is 11.3 Å². The lowest BCUT2D eigenvalue weighted by molar-refractivity contribution is 0.426. The second-order valence-corrected chi connectivity index (χ2v) is 4.89. The Labute approximate surface area is 108 Å². The Morgan fingerprint density at radius 3 is 2.28 bits per heavy atom. The van der Waals surface area contributed by atoms with Gasteiger partial charge in [0.15, 0.2) is 5.76 Å². The zero-order chi connectivity index (χ0) is 13.3. The van der Waals surface area contributed by atoms with E-state index in [1.807, 2.05) is 6.92 Å². The molecule has 0 spiro atoms. The summed E-state index contributed by atoms with van der Waals surface area (Å²) in [6.07, 6.45) is 0.803. The van der Waals surface area contributed by atoms with Crippen molar-refractivity contribution in [2.45, 2.75) is 34.1 Å². The molecule has 3 heteroatoms. The molecule has 0 aliphatic carbocycles. The Morgan fingerprint density at radius 1 is 1.11 bits per heavy atom.